The molecular formula is C16H17N3O. The summed E-state index contributed by atoms with van der Waals surface area (Å²) in [5.74, 6) is 0. The zero-order valence-corrected chi connectivity index (χ0v) is 11.8. The molecule has 0 fully saturated rings. The molecule has 2 heterocycles. The predicted octanol–water partition coefficient (Wildman–Crippen LogP) is 2.67. The summed E-state index contributed by atoms with van der Waals surface area (Å²) in [5, 5.41) is 15.8. The second-order valence-electron chi connectivity index (χ2n) is 5.15. The number of aliphatic hydroxyl groups excluding tert-OH is 1. The topological polar surface area (TPSA) is 50.9 Å². The van der Waals surface area contributed by atoms with E-state index in [-0.39, 0.29) is 0 Å². The second kappa shape index (κ2) is 4.72. The molecule has 1 aromatic carbocycles. The maximum absolute atomic E-state index is 10.5. The van der Waals surface area contributed by atoms with Gasteiger partial charge in [-0.15, -0.1) is 0 Å². The van der Waals surface area contributed by atoms with E-state index in [1.54, 1.807) is 4.68 Å². The maximum Gasteiger partial charge on any atom is 0.107 e. The van der Waals surface area contributed by atoms with Gasteiger partial charge in [-0.2, -0.15) is 5.10 Å². The Morgan fingerprint density at radius 2 is 1.95 bits per heavy atom. The maximum atomic E-state index is 10.5. The van der Waals surface area contributed by atoms with Crippen LogP contribution < -0.4 is 0 Å². The predicted molar refractivity (Wildman–Crippen MR) is 78.5 cm³/mol. The van der Waals surface area contributed by atoms with E-state index < -0.39 is 6.10 Å². The number of hydrogen-bond acceptors (Lipinski definition) is 3. The molecule has 0 spiro atoms. The van der Waals surface area contributed by atoms with Crippen molar-refractivity contribution < 1.29 is 5.11 Å². The fourth-order valence-corrected chi connectivity index (χ4v) is 2.48. The average molecular weight is 267 g/mol. The minimum absolute atomic E-state index is 0.658. The van der Waals surface area contributed by atoms with Gasteiger partial charge in [-0.25, -0.2) is 0 Å². The van der Waals surface area contributed by atoms with Crippen LogP contribution in [-0.2, 0) is 7.05 Å². The second-order valence-corrected chi connectivity index (χ2v) is 5.15. The molecule has 4 nitrogen and oxygen atoms in total. The third kappa shape index (κ3) is 2.18. The lowest BCUT2D eigenvalue weighted by molar-refractivity contribution is 0.219. The number of pyridine rings is 1. The molecule has 0 saturated heterocycles. The molecule has 20 heavy (non-hydrogen) atoms. The first-order valence-corrected chi connectivity index (χ1v) is 6.60. The molecule has 102 valence electrons. The number of rotatable bonds is 2. The molecular weight excluding hydrogens is 250 g/mol. The molecule has 0 aliphatic rings. The van der Waals surface area contributed by atoms with Gasteiger partial charge in [0.15, 0.2) is 0 Å². The van der Waals surface area contributed by atoms with Crippen molar-refractivity contribution in [3.63, 3.8) is 0 Å². The molecule has 2 aromatic heterocycles. The van der Waals surface area contributed by atoms with Crippen LogP contribution in [0, 0.1) is 13.8 Å². The third-order valence-corrected chi connectivity index (χ3v) is 3.51. The van der Waals surface area contributed by atoms with E-state index in [1.165, 1.54) is 0 Å². The molecule has 0 saturated carbocycles. The summed E-state index contributed by atoms with van der Waals surface area (Å²) < 4.78 is 1.72. The highest BCUT2D eigenvalue weighted by Crippen LogP contribution is 2.26. The zero-order valence-electron chi connectivity index (χ0n) is 11.8. The number of aliphatic hydroxyl groups is 1. The van der Waals surface area contributed by atoms with Crippen LogP contribution in [0.2, 0.25) is 0 Å². The standard InChI is InChI=1S/C16H17N3O/c1-10-4-5-12-8-13(6-7-15(12)17-10)16(20)14-9-19(3)18-11(14)2/h4-9,16,20H,1-3H3. The van der Waals surface area contributed by atoms with Crippen LogP contribution in [-0.4, -0.2) is 19.9 Å². The van der Waals surface area contributed by atoms with Crippen molar-refractivity contribution in [2.45, 2.75) is 20.0 Å². The van der Waals surface area contributed by atoms with Crippen molar-refractivity contribution in [1.82, 2.24) is 14.8 Å². The summed E-state index contributed by atoms with van der Waals surface area (Å²) in [6.45, 7) is 3.88. The smallest absolute Gasteiger partial charge is 0.107 e. The van der Waals surface area contributed by atoms with Crippen LogP contribution in [0.4, 0.5) is 0 Å². The molecule has 0 amide bonds. The van der Waals surface area contributed by atoms with Crippen LogP contribution in [0.1, 0.15) is 28.6 Å². The Bertz CT molecular complexity index is 776. The highest BCUT2D eigenvalue weighted by Gasteiger charge is 2.16. The molecule has 1 N–H and O–H groups in total. The van der Waals surface area contributed by atoms with E-state index in [9.17, 15) is 5.11 Å². The van der Waals surface area contributed by atoms with Gasteiger partial charge in [-0.1, -0.05) is 12.1 Å². The summed E-state index contributed by atoms with van der Waals surface area (Å²) >= 11 is 0. The van der Waals surface area contributed by atoms with E-state index in [0.29, 0.717) is 0 Å². The minimum atomic E-state index is -0.658. The van der Waals surface area contributed by atoms with Crippen LogP contribution in [0.3, 0.4) is 0 Å². The van der Waals surface area contributed by atoms with Crippen molar-refractivity contribution in [1.29, 1.82) is 0 Å². The van der Waals surface area contributed by atoms with Gasteiger partial charge in [0.05, 0.1) is 11.2 Å². The Kier molecular flexibility index (Phi) is 3.03. The summed E-state index contributed by atoms with van der Waals surface area (Å²) in [5.41, 5.74) is 4.49. The van der Waals surface area contributed by atoms with E-state index in [0.717, 1.165) is 33.4 Å². The monoisotopic (exact) mass is 267 g/mol. The van der Waals surface area contributed by atoms with Gasteiger partial charge in [0, 0.05) is 29.9 Å². The number of aromatic nitrogens is 3. The van der Waals surface area contributed by atoms with Crippen LogP contribution in [0.5, 0.6) is 0 Å². The summed E-state index contributed by atoms with van der Waals surface area (Å²) in [6.07, 6.45) is 1.20. The Morgan fingerprint density at radius 1 is 1.15 bits per heavy atom. The first-order valence-electron chi connectivity index (χ1n) is 6.60. The average Bonchev–Trinajstić information content (AvgIpc) is 2.76. The number of benzene rings is 1. The van der Waals surface area contributed by atoms with Gasteiger partial charge in [-0.3, -0.25) is 9.67 Å². The number of nitrogens with zero attached hydrogens (tertiary/aromatic N) is 3. The third-order valence-electron chi connectivity index (χ3n) is 3.51. The molecule has 3 rings (SSSR count). The number of aryl methyl sites for hydroxylation is 3. The number of hydrogen-bond donors (Lipinski definition) is 1. The lowest BCUT2D eigenvalue weighted by Crippen LogP contribution is -2.00. The molecule has 3 aromatic rings. The van der Waals surface area contributed by atoms with E-state index in [2.05, 4.69) is 10.1 Å². The van der Waals surface area contributed by atoms with Gasteiger partial charge in [0.2, 0.25) is 0 Å². The quantitative estimate of drug-likeness (QED) is 0.776. The Balaban J connectivity index is 2.05. The molecule has 1 atom stereocenters. The van der Waals surface area contributed by atoms with Crippen molar-refractivity contribution in [2.24, 2.45) is 7.05 Å². The molecule has 0 aliphatic carbocycles. The van der Waals surface area contributed by atoms with Gasteiger partial charge >= 0.3 is 0 Å². The van der Waals surface area contributed by atoms with Crippen molar-refractivity contribution in [3.8, 4) is 0 Å². The fraction of sp³-hybridized carbons (Fsp3) is 0.250. The molecule has 0 bridgehead atoms. The lowest BCUT2D eigenvalue weighted by Gasteiger charge is -2.11. The van der Waals surface area contributed by atoms with Gasteiger partial charge in [-0.05, 0) is 37.6 Å². The zero-order chi connectivity index (χ0) is 14.3. The van der Waals surface area contributed by atoms with Crippen LogP contribution >= 0.6 is 0 Å². The van der Waals surface area contributed by atoms with Gasteiger partial charge < -0.3 is 5.11 Å². The first kappa shape index (κ1) is 12.8. The summed E-state index contributed by atoms with van der Waals surface area (Å²) in [6, 6.07) is 9.87. The summed E-state index contributed by atoms with van der Waals surface area (Å²) in [7, 11) is 1.86. The van der Waals surface area contributed by atoms with Crippen molar-refractivity contribution in [2.75, 3.05) is 0 Å². The number of fused-ring (bicyclic) bond motifs is 1. The molecule has 1 unspecified atom stereocenters. The Hall–Kier alpha value is -2.20. The lowest BCUT2D eigenvalue weighted by atomic mass is 10.0. The van der Waals surface area contributed by atoms with Crippen LogP contribution in [0.15, 0.2) is 36.5 Å². The molecule has 0 aliphatic heterocycles. The Morgan fingerprint density at radius 3 is 2.65 bits per heavy atom. The van der Waals surface area contributed by atoms with Crippen molar-refractivity contribution >= 4 is 10.9 Å². The van der Waals surface area contributed by atoms with Crippen LogP contribution in [0.25, 0.3) is 10.9 Å². The molecule has 4 heteroatoms. The van der Waals surface area contributed by atoms with E-state index >= 15 is 0 Å². The normalized spacial score (nSPS) is 12.8. The highest BCUT2D eigenvalue weighted by atomic mass is 16.3. The Labute approximate surface area is 117 Å². The first-order chi connectivity index (χ1) is 9.54. The van der Waals surface area contributed by atoms with E-state index in [1.807, 2.05) is 57.4 Å². The summed E-state index contributed by atoms with van der Waals surface area (Å²) in [4.78, 5) is 4.47. The van der Waals surface area contributed by atoms with E-state index in [4.69, 9.17) is 0 Å². The highest BCUT2D eigenvalue weighted by molar-refractivity contribution is 5.79. The van der Waals surface area contributed by atoms with Crippen molar-refractivity contribution in [3.05, 3.63) is 59.0 Å². The fourth-order valence-electron chi connectivity index (χ4n) is 2.48. The van der Waals surface area contributed by atoms with Gasteiger partial charge in [0.25, 0.3) is 0 Å². The van der Waals surface area contributed by atoms with Gasteiger partial charge in [0.1, 0.15) is 6.10 Å². The largest absolute Gasteiger partial charge is 0.384 e. The molecule has 0 radical (unpaired) electrons. The SMILES string of the molecule is Cc1ccc2cc(C(O)c3cn(C)nc3C)ccc2n1. The minimum Gasteiger partial charge on any atom is -0.384 e.